The molecular weight excluding hydrogens is 422 g/mol. The van der Waals surface area contributed by atoms with E-state index in [0.29, 0.717) is 37.2 Å². The molecule has 2 rings (SSSR count). The second kappa shape index (κ2) is 9.13. The molecule has 1 heterocycles. The first-order valence-electron chi connectivity index (χ1n) is 9.90. The van der Waals surface area contributed by atoms with Gasteiger partial charge in [-0.1, -0.05) is 0 Å². The van der Waals surface area contributed by atoms with Crippen molar-refractivity contribution in [1.82, 2.24) is 5.32 Å². The van der Waals surface area contributed by atoms with Gasteiger partial charge in [0.25, 0.3) is 5.91 Å². The summed E-state index contributed by atoms with van der Waals surface area (Å²) in [4.78, 5) is 29.9. The number of sulfone groups is 1. The van der Waals surface area contributed by atoms with Gasteiger partial charge in [0, 0.05) is 36.6 Å². The van der Waals surface area contributed by atoms with Crippen molar-refractivity contribution in [3.8, 4) is 0 Å². The summed E-state index contributed by atoms with van der Waals surface area (Å²) >= 11 is 0. The van der Waals surface area contributed by atoms with E-state index in [1.54, 1.807) is 33.8 Å². The van der Waals surface area contributed by atoms with E-state index < -0.39 is 33.4 Å². The normalized spacial score (nSPS) is 15.3. The summed E-state index contributed by atoms with van der Waals surface area (Å²) in [6, 6.07) is 2.83. The number of hydrogen-bond acceptors (Lipinski definition) is 6. The van der Waals surface area contributed by atoms with Crippen LogP contribution in [0.4, 0.5) is 10.5 Å². The van der Waals surface area contributed by atoms with Gasteiger partial charge in [0.05, 0.1) is 4.90 Å². The zero-order valence-corrected chi connectivity index (χ0v) is 19.4. The molecule has 1 aliphatic heterocycles. The van der Waals surface area contributed by atoms with Crippen LogP contribution in [0.15, 0.2) is 22.0 Å². The smallest absolute Gasteiger partial charge is 0.407 e. The first-order chi connectivity index (χ1) is 14.2. The van der Waals surface area contributed by atoms with Gasteiger partial charge in [-0.05, 0) is 58.2 Å². The van der Waals surface area contributed by atoms with Gasteiger partial charge in [-0.15, -0.1) is 0 Å². The van der Waals surface area contributed by atoms with Crippen molar-refractivity contribution in [2.45, 2.75) is 57.1 Å². The minimum atomic E-state index is -3.59. The molecule has 172 valence electrons. The highest BCUT2D eigenvalue weighted by atomic mass is 32.2. The van der Waals surface area contributed by atoms with Crippen LogP contribution in [0.5, 0.6) is 0 Å². The summed E-state index contributed by atoms with van der Waals surface area (Å²) in [6.45, 7) is 8.22. The summed E-state index contributed by atoms with van der Waals surface area (Å²) in [7, 11) is -3.59. The number of anilines is 1. The van der Waals surface area contributed by atoms with Gasteiger partial charge in [0.1, 0.15) is 5.60 Å². The number of guanidine groups is 1. The van der Waals surface area contributed by atoms with Gasteiger partial charge >= 0.3 is 6.09 Å². The predicted octanol–water partition coefficient (Wildman–Crippen LogP) is 1.31. The van der Waals surface area contributed by atoms with Crippen LogP contribution in [0.2, 0.25) is 0 Å². The Labute approximate surface area is 182 Å². The number of alkyl carbamates (subject to hydrolysis) is 1. The van der Waals surface area contributed by atoms with Gasteiger partial charge in [-0.3, -0.25) is 4.79 Å². The van der Waals surface area contributed by atoms with Crippen molar-refractivity contribution in [1.29, 1.82) is 0 Å². The Hall–Kier alpha value is -2.82. The number of ether oxygens (including phenoxy) is 1. The lowest BCUT2D eigenvalue weighted by Gasteiger charge is -2.35. The van der Waals surface area contributed by atoms with E-state index >= 15 is 0 Å². The average Bonchev–Trinajstić information content (AvgIpc) is 2.59. The van der Waals surface area contributed by atoms with Gasteiger partial charge in [0.2, 0.25) is 0 Å². The van der Waals surface area contributed by atoms with Crippen LogP contribution < -0.4 is 21.7 Å². The van der Waals surface area contributed by atoms with Crippen molar-refractivity contribution in [2.24, 2.45) is 16.5 Å². The number of rotatable bonds is 4. The fourth-order valence-corrected chi connectivity index (χ4v) is 4.43. The molecule has 5 N–H and O–H groups in total. The molecule has 0 saturated carbocycles. The van der Waals surface area contributed by atoms with Crippen LogP contribution in [0.3, 0.4) is 0 Å². The van der Waals surface area contributed by atoms with Crippen molar-refractivity contribution in [3.05, 3.63) is 23.3 Å². The zero-order chi connectivity index (χ0) is 23.6. The van der Waals surface area contributed by atoms with E-state index in [-0.39, 0.29) is 16.5 Å². The molecule has 0 aromatic heterocycles. The Bertz CT molecular complexity index is 986. The monoisotopic (exact) mass is 453 g/mol. The van der Waals surface area contributed by atoms with Crippen molar-refractivity contribution < 1.29 is 22.7 Å². The minimum absolute atomic E-state index is 0.0492. The van der Waals surface area contributed by atoms with Crippen molar-refractivity contribution in [2.75, 3.05) is 24.2 Å². The SMILES string of the molecule is Cc1c(N2CCC(NC(=O)OC(C)(C)C)CC2)cc(C(=O)N=C(N)N)cc1S(C)(=O)=O. The van der Waals surface area contributed by atoms with Crippen molar-refractivity contribution >= 4 is 33.5 Å². The van der Waals surface area contributed by atoms with Crippen LogP contribution >= 0.6 is 0 Å². The molecule has 0 radical (unpaired) electrons. The van der Waals surface area contributed by atoms with Gasteiger partial charge < -0.3 is 26.4 Å². The zero-order valence-electron chi connectivity index (χ0n) is 18.6. The maximum absolute atomic E-state index is 12.3. The second-order valence-corrected chi connectivity index (χ2v) is 10.6. The van der Waals surface area contributed by atoms with Crippen molar-refractivity contribution in [3.63, 3.8) is 0 Å². The standard InChI is InChI=1S/C20H31N5O5S/c1-12-15(10-13(17(26)24-18(21)22)11-16(12)31(5,28)29)25-8-6-14(7-9-25)23-19(27)30-20(2,3)4/h10-11,14H,6-9H2,1-5H3,(H,23,27)(H4,21,22,24,26). The number of aliphatic imine (C=N–C) groups is 1. The van der Waals surface area contributed by atoms with E-state index in [1.165, 1.54) is 6.07 Å². The quantitative estimate of drug-likeness (QED) is 0.455. The van der Waals surface area contributed by atoms with Crippen LogP contribution in [0.25, 0.3) is 0 Å². The number of carbonyl (C=O) groups is 2. The Kier molecular flexibility index (Phi) is 7.20. The summed E-state index contributed by atoms with van der Waals surface area (Å²) in [6.07, 6.45) is 1.90. The maximum atomic E-state index is 12.3. The van der Waals surface area contributed by atoms with Crippen LogP contribution in [0.1, 0.15) is 49.5 Å². The minimum Gasteiger partial charge on any atom is -0.444 e. The molecular formula is C20H31N5O5S. The number of nitrogens with one attached hydrogen (secondary N) is 1. The molecule has 0 bridgehead atoms. The lowest BCUT2D eigenvalue weighted by Crippen LogP contribution is -2.46. The van der Waals surface area contributed by atoms with E-state index in [9.17, 15) is 18.0 Å². The number of nitrogens with two attached hydrogens (primary N) is 2. The highest BCUT2D eigenvalue weighted by Crippen LogP contribution is 2.31. The summed E-state index contributed by atoms with van der Waals surface area (Å²) in [5.41, 5.74) is 11.3. The lowest BCUT2D eigenvalue weighted by molar-refractivity contribution is 0.0497. The Morgan fingerprint density at radius 2 is 1.77 bits per heavy atom. The second-order valence-electron chi connectivity index (χ2n) is 8.64. The molecule has 2 amide bonds. The molecule has 1 aliphatic rings. The molecule has 0 atom stereocenters. The number of amides is 2. The van der Waals surface area contributed by atoms with Gasteiger partial charge in [0.15, 0.2) is 15.8 Å². The van der Waals surface area contributed by atoms with E-state index in [1.807, 2.05) is 4.90 Å². The third-order valence-electron chi connectivity index (χ3n) is 4.77. The number of hydrogen-bond donors (Lipinski definition) is 3. The first-order valence-corrected chi connectivity index (χ1v) is 11.8. The Morgan fingerprint density at radius 1 is 1.19 bits per heavy atom. The molecule has 1 aromatic carbocycles. The van der Waals surface area contributed by atoms with Crippen LogP contribution in [0, 0.1) is 6.92 Å². The molecule has 11 heteroatoms. The summed E-state index contributed by atoms with van der Waals surface area (Å²) in [5.74, 6) is -1.12. The van der Waals surface area contributed by atoms with E-state index in [0.717, 1.165) is 6.26 Å². The Balaban J connectivity index is 2.26. The molecule has 31 heavy (non-hydrogen) atoms. The molecule has 1 aromatic rings. The molecule has 0 aliphatic carbocycles. The third-order valence-corrected chi connectivity index (χ3v) is 5.99. The van der Waals surface area contributed by atoms with Gasteiger partial charge in [-0.25, -0.2) is 13.2 Å². The highest BCUT2D eigenvalue weighted by Gasteiger charge is 2.27. The largest absolute Gasteiger partial charge is 0.444 e. The summed E-state index contributed by atoms with van der Waals surface area (Å²) in [5, 5.41) is 2.87. The molecule has 0 spiro atoms. The van der Waals surface area contributed by atoms with E-state index in [4.69, 9.17) is 16.2 Å². The molecule has 0 unspecified atom stereocenters. The molecule has 10 nitrogen and oxygen atoms in total. The number of nitrogens with zero attached hydrogens (tertiary/aromatic N) is 2. The molecule has 1 saturated heterocycles. The van der Waals surface area contributed by atoms with Gasteiger partial charge in [-0.2, -0.15) is 4.99 Å². The average molecular weight is 454 g/mol. The highest BCUT2D eigenvalue weighted by molar-refractivity contribution is 7.90. The number of piperidine rings is 1. The molecule has 1 fully saturated rings. The van der Waals surface area contributed by atoms with E-state index in [2.05, 4.69) is 10.3 Å². The first kappa shape index (κ1) is 24.4. The number of benzene rings is 1. The fourth-order valence-electron chi connectivity index (χ4n) is 3.43. The predicted molar refractivity (Wildman–Crippen MR) is 119 cm³/mol. The summed E-state index contributed by atoms with van der Waals surface area (Å²) < 4.78 is 29.9. The van der Waals surface area contributed by atoms with Crippen LogP contribution in [-0.4, -0.2) is 57.4 Å². The number of carbonyl (C=O) groups excluding carboxylic acids is 2. The van der Waals surface area contributed by atoms with Crippen LogP contribution in [-0.2, 0) is 14.6 Å². The topological polar surface area (TPSA) is 157 Å². The third kappa shape index (κ3) is 6.84. The fraction of sp³-hybridized carbons (Fsp3) is 0.550. The maximum Gasteiger partial charge on any atom is 0.407 e. The lowest BCUT2D eigenvalue weighted by atomic mass is 10.0. The Morgan fingerprint density at radius 3 is 2.26 bits per heavy atom.